The number of carbonyl (C=O) groups excluding carboxylic acids is 3. The van der Waals surface area contributed by atoms with Gasteiger partial charge in [0.1, 0.15) is 6.61 Å². The van der Waals surface area contributed by atoms with Crippen LogP contribution in [0.2, 0.25) is 0 Å². The zero-order chi connectivity index (χ0) is 16.1. The van der Waals surface area contributed by atoms with Crippen LogP contribution in [0.25, 0.3) is 0 Å². The normalized spacial score (nSPS) is 14.8. The molecule has 2 rings (SSSR count). The number of anilines is 1. The van der Waals surface area contributed by atoms with Gasteiger partial charge in [0.2, 0.25) is 17.7 Å². The van der Waals surface area contributed by atoms with Gasteiger partial charge in [0, 0.05) is 18.5 Å². The molecule has 1 N–H and O–H groups in total. The quantitative estimate of drug-likeness (QED) is 0.812. The largest absolute Gasteiger partial charge is 0.369 e. The fraction of sp³-hybridized carbons (Fsp3) is 0.438. The molecule has 0 bridgehead atoms. The molecule has 3 amide bonds. The van der Waals surface area contributed by atoms with E-state index < -0.39 is 0 Å². The third-order valence-corrected chi connectivity index (χ3v) is 3.32. The topological polar surface area (TPSA) is 75.7 Å². The first kappa shape index (κ1) is 16.2. The fourth-order valence-electron chi connectivity index (χ4n) is 2.18. The number of imide groups is 1. The summed E-state index contributed by atoms with van der Waals surface area (Å²) in [4.78, 5) is 36.5. The lowest BCUT2D eigenvalue weighted by atomic mass is 10.1. The van der Waals surface area contributed by atoms with Crippen LogP contribution in [0.15, 0.2) is 24.3 Å². The van der Waals surface area contributed by atoms with Crippen molar-refractivity contribution in [1.29, 1.82) is 0 Å². The number of nitrogens with zero attached hydrogens (tertiary/aromatic N) is 1. The first-order valence-electron chi connectivity index (χ1n) is 7.30. The van der Waals surface area contributed by atoms with Gasteiger partial charge < -0.3 is 10.1 Å². The van der Waals surface area contributed by atoms with E-state index in [4.69, 9.17) is 4.74 Å². The molecule has 1 fully saturated rings. The van der Waals surface area contributed by atoms with Crippen LogP contribution in [-0.4, -0.2) is 35.3 Å². The van der Waals surface area contributed by atoms with Crippen molar-refractivity contribution in [1.82, 2.24) is 4.90 Å². The van der Waals surface area contributed by atoms with Crippen LogP contribution in [0.3, 0.4) is 0 Å². The molecule has 118 valence electrons. The van der Waals surface area contributed by atoms with Gasteiger partial charge in [-0.2, -0.15) is 0 Å². The van der Waals surface area contributed by atoms with Gasteiger partial charge >= 0.3 is 0 Å². The van der Waals surface area contributed by atoms with Crippen LogP contribution < -0.4 is 5.32 Å². The average molecular weight is 304 g/mol. The summed E-state index contributed by atoms with van der Waals surface area (Å²) in [7, 11) is 0. The van der Waals surface area contributed by atoms with E-state index in [1.165, 1.54) is 4.90 Å². The van der Waals surface area contributed by atoms with E-state index in [-0.39, 0.29) is 49.8 Å². The molecule has 0 aliphatic carbocycles. The molecule has 1 heterocycles. The maximum Gasteiger partial charge on any atom is 0.250 e. The van der Waals surface area contributed by atoms with Crippen molar-refractivity contribution in [2.24, 2.45) is 0 Å². The maximum absolute atomic E-state index is 11.9. The third-order valence-electron chi connectivity index (χ3n) is 3.32. The number of para-hydroxylation sites is 1. The highest BCUT2D eigenvalue weighted by molar-refractivity contribution is 6.02. The monoisotopic (exact) mass is 304 g/mol. The summed E-state index contributed by atoms with van der Waals surface area (Å²) in [6.45, 7) is 3.85. The molecule has 1 saturated heterocycles. The zero-order valence-corrected chi connectivity index (χ0v) is 12.8. The molecule has 6 nitrogen and oxygen atoms in total. The molecular formula is C16H20N2O4. The first-order valence-corrected chi connectivity index (χ1v) is 7.30. The summed E-state index contributed by atoms with van der Waals surface area (Å²) in [6.07, 6.45) is 0.492. The van der Waals surface area contributed by atoms with Gasteiger partial charge in [-0.05, 0) is 25.5 Å². The number of amides is 3. The van der Waals surface area contributed by atoms with Crippen molar-refractivity contribution >= 4 is 23.4 Å². The second kappa shape index (κ2) is 7.17. The van der Waals surface area contributed by atoms with Crippen molar-refractivity contribution in [2.75, 3.05) is 11.9 Å². The Kier molecular flexibility index (Phi) is 5.27. The average Bonchev–Trinajstić information content (AvgIpc) is 2.79. The van der Waals surface area contributed by atoms with E-state index in [1.807, 2.05) is 13.8 Å². The van der Waals surface area contributed by atoms with Crippen LogP contribution in [0, 0.1) is 0 Å². The number of rotatable bonds is 6. The molecule has 1 aliphatic heterocycles. The van der Waals surface area contributed by atoms with Gasteiger partial charge in [0.15, 0.2) is 0 Å². The lowest BCUT2D eigenvalue weighted by Gasteiger charge is -2.17. The van der Waals surface area contributed by atoms with E-state index >= 15 is 0 Å². The zero-order valence-electron chi connectivity index (χ0n) is 12.8. The lowest BCUT2D eigenvalue weighted by Crippen LogP contribution is -2.29. The minimum absolute atomic E-state index is 0.0270. The number of carbonyl (C=O) groups is 3. The SMILES string of the molecule is CC(C)OCC(=O)Nc1ccccc1CN1C(=O)CCC1=O. The Hall–Kier alpha value is -2.21. The van der Waals surface area contributed by atoms with Crippen LogP contribution in [0.5, 0.6) is 0 Å². The number of likely N-dealkylation sites (tertiary alicyclic amines) is 1. The molecule has 1 aliphatic rings. The Morgan fingerprint density at radius 1 is 1.23 bits per heavy atom. The molecule has 22 heavy (non-hydrogen) atoms. The van der Waals surface area contributed by atoms with Crippen molar-refractivity contribution in [3.63, 3.8) is 0 Å². The fourth-order valence-corrected chi connectivity index (χ4v) is 2.18. The van der Waals surface area contributed by atoms with E-state index in [2.05, 4.69) is 5.32 Å². The highest BCUT2D eigenvalue weighted by atomic mass is 16.5. The Balaban J connectivity index is 2.05. The minimum atomic E-state index is -0.264. The van der Waals surface area contributed by atoms with Gasteiger partial charge in [-0.25, -0.2) is 0 Å². The second-order valence-corrected chi connectivity index (χ2v) is 5.44. The highest BCUT2D eigenvalue weighted by Gasteiger charge is 2.29. The minimum Gasteiger partial charge on any atom is -0.369 e. The van der Waals surface area contributed by atoms with Crippen LogP contribution in [-0.2, 0) is 25.7 Å². The van der Waals surface area contributed by atoms with Gasteiger partial charge in [-0.15, -0.1) is 0 Å². The Morgan fingerprint density at radius 2 is 1.86 bits per heavy atom. The number of ether oxygens (including phenoxy) is 1. The predicted molar refractivity (Wildman–Crippen MR) is 81.0 cm³/mol. The molecule has 6 heteroatoms. The van der Waals surface area contributed by atoms with Crippen molar-refractivity contribution < 1.29 is 19.1 Å². The number of nitrogens with one attached hydrogen (secondary N) is 1. The predicted octanol–water partition coefficient (Wildman–Crippen LogP) is 1.70. The molecule has 1 aromatic rings. The summed E-state index contributed by atoms with van der Waals surface area (Å²) in [5, 5.41) is 2.76. The van der Waals surface area contributed by atoms with E-state index in [9.17, 15) is 14.4 Å². The Bertz CT molecular complexity index is 567. The molecular weight excluding hydrogens is 284 g/mol. The maximum atomic E-state index is 11.9. The smallest absolute Gasteiger partial charge is 0.250 e. The Labute approximate surface area is 129 Å². The molecule has 0 unspecified atom stereocenters. The van der Waals surface area contributed by atoms with E-state index in [0.717, 1.165) is 5.56 Å². The summed E-state index contributed by atoms with van der Waals surface area (Å²) >= 11 is 0. The number of benzene rings is 1. The van der Waals surface area contributed by atoms with E-state index in [1.54, 1.807) is 24.3 Å². The standard InChI is InChI=1S/C16H20N2O4/c1-11(2)22-10-14(19)17-13-6-4-3-5-12(13)9-18-15(20)7-8-16(18)21/h3-6,11H,7-10H2,1-2H3,(H,17,19). The lowest BCUT2D eigenvalue weighted by molar-refractivity contribution is -0.139. The van der Waals surface area contributed by atoms with Gasteiger partial charge in [-0.1, -0.05) is 18.2 Å². The van der Waals surface area contributed by atoms with Gasteiger partial charge in [0.05, 0.1) is 12.6 Å². The number of hydrogen-bond acceptors (Lipinski definition) is 4. The van der Waals surface area contributed by atoms with Crippen molar-refractivity contribution in [3.8, 4) is 0 Å². The van der Waals surface area contributed by atoms with Gasteiger partial charge in [0.25, 0.3) is 0 Å². The number of hydrogen-bond donors (Lipinski definition) is 1. The molecule has 0 aromatic heterocycles. The van der Waals surface area contributed by atoms with Crippen molar-refractivity contribution in [2.45, 2.75) is 39.3 Å². The summed E-state index contributed by atoms with van der Waals surface area (Å²) in [5.41, 5.74) is 1.32. The van der Waals surface area contributed by atoms with Crippen LogP contribution in [0.1, 0.15) is 32.3 Å². The first-order chi connectivity index (χ1) is 10.5. The van der Waals surface area contributed by atoms with Crippen molar-refractivity contribution in [3.05, 3.63) is 29.8 Å². The van der Waals surface area contributed by atoms with Crippen LogP contribution >= 0.6 is 0 Å². The molecule has 0 spiro atoms. The van der Waals surface area contributed by atoms with E-state index in [0.29, 0.717) is 5.69 Å². The summed E-state index contributed by atoms with van der Waals surface area (Å²) < 4.78 is 5.25. The summed E-state index contributed by atoms with van der Waals surface area (Å²) in [5.74, 6) is -0.608. The molecule has 1 aromatic carbocycles. The molecule has 0 radical (unpaired) electrons. The summed E-state index contributed by atoms with van der Waals surface area (Å²) in [6, 6.07) is 7.13. The van der Waals surface area contributed by atoms with Crippen LogP contribution in [0.4, 0.5) is 5.69 Å². The Morgan fingerprint density at radius 3 is 2.50 bits per heavy atom. The highest BCUT2D eigenvalue weighted by Crippen LogP contribution is 2.21. The third kappa shape index (κ3) is 4.14. The molecule has 0 saturated carbocycles. The second-order valence-electron chi connectivity index (χ2n) is 5.44. The van der Waals surface area contributed by atoms with Gasteiger partial charge in [-0.3, -0.25) is 19.3 Å². The molecule has 0 atom stereocenters.